The van der Waals surface area contributed by atoms with E-state index in [0.717, 1.165) is 17.0 Å². The number of hydrogen-bond acceptors (Lipinski definition) is 5. The average molecular weight is 259 g/mol. The Kier molecular flexibility index (Phi) is 2.58. The van der Waals surface area contributed by atoms with Crippen LogP contribution in [-0.2, 0) is 11.3 Å². The first-order valence-corrected chi connectivity index (χ1v) is 6.14. The molecule has 2 aliphatic rings. The number of aliphatic imine (C=N–C) groups is 1. The Bertz CT molecular complexity index is 603. The van der Waals surface area contributed by atoms with Crippen LogP contribution in [-0.4, -0.2) is 34.5 Å². The number of Topliss-reactive ketones (excluding diaryl/α,β-unsaturated/α-hetero) is 1. The number of non-ortho nitro benzene ring substituents is 1. The highest BCUT2D eigenvalue weighted by molar-refractivity contribution is 6.03. The number of benzene rings is 1. The summed E-state index contributed by atoms with van der Waals surface area (Å²) in [6, 6.07) is 4.83. The Morgan fingerprint density at radius 3 is 2.84 bits per heavy atom. The average Bonchev–Trinajstić information content (AvgIpc) is 2.70. The molecular weight excluding hydrogens is 246 g/mol. The monoisotopic (exact) mass is 259 g/mol. The van der Waals surface area contributed by atoms with Gasteiger partial charge >= 0.3 is 0 Å². The van der Waals surface area contributed by atoms with Gasteiger partial charge in [-0.15, -0.1) is 0 Å². The van der Waals surface area contributed by atoms with E-state index in [1.165, 1.54) is 6.07 Å². The second kappa shape index (κ2) is 4.15. The molecule has 0 bridgehead atoms. The van der Waals surface area contributed by atoms with Crippen LogP contribution in [0.4, 0.5) is 5.69 Å². The maximum atomic E-state index is 11.2. The summed E-state index contributed by atoms with van der Waals surface area (Å²) in [6.07, 6.45) is 0. The zero-order valence-electron chi connectivity index (χ0n) is 10.5. The molecule has 0 amide bonds. The van der Waals surface area contributed by atoms with Crippen LogP contribution >= 0.6 is 0 Å². The molecule has 0 spiro atoms. The van der Waals surface area contributed by atoms with E-state index in [4.69, 9.17) is 0 Å². The number of ketones is 1. The van der Waals surface area contributed by atoms with Gasteiger partial charge in [0.15, 0.2) is 0 Å². The molecule has 1 aromatic carbocycles. The quantitative estimate of drug-likeness (QED) is 0.594. The zero-order chi connectivity index (χ0) is 13.6. The fraction of sp³-hybridized carbons (Fsp3) is 0.385. The van der Waals surface area contributed by atoms with Crippen molar-refractivity contribution < 1.29 is 9.72 Å². The number of carbonyl (C=O) groups excluding carboxylic acids is 1. The molecule has 0 saturated carbocycles. The van der Waals surface area contributed by atoms with E-state index in [0.29, 0.717) is 19.6 Å². The molecule has 0 unspecified atom stereocenters. The normalized spacial score (nSPS) is 17.7. The van der Waals surface area contributed by atoms with Crippen molar-refractivity contribution in [1.82, 2.24) is 4.90 Å². The van der Waals surface area contributed by atoms with Gasteiger partial charge in [-0.3, -0.25) is 19.9 Å². The summed E-state index contributed by atoms with van der Waals surface area (Å²) in [4.78, 5) is 28.1. The number of nitro groups is 1. The molecule has 0 radical (unpaired) electrons. The zero-order valence-corrected chi connectivity index (χ0v) is 10.5. The van der Waals surface area contributed by atoms with Crippen LogP contribution in [0.1, 0.15) is 18.1 Å². The first-order chi connectivity index (χ1) is 9.06. The van der Waals surface area contributed by atoms with Gasteiger partial charge in [-0.05, 0) is 18.6 Å². The van der Waals surface area contributed by atoms with Gasteiger partial charge < -0.3 is 4.90 Å². The third kappa shape index (κ3) is 1.89. The first kappa shape index (κ1) is 11.8. The minimum absolute atomic E-state index is 0.0745. The molecule has 6 nitrogen and oxygen atoms in total. The summed E-state index contributed by atoms with van der Waals surface area (Å²) in [5, 5.41) is 10.8. The lowest BCUT2D eigenvalue weighted by molar-refractivity contribution is -0.384. The third-order valence-electron chi connectivity index (χ3n) is 3.70. The minimum atomic E-state index is -0.398. The van der Waals surface area contributed by atoms with Crippen LogP contribution in [0.3, 0.4) is 0 Å². The minimum Gasteiger partial charge on any atom is -0.355 e. The number of likely N-dealkylation sites (tertiary alicyclic amines) is 1. The van der Waals surface area contributed by atoms with E-state index in [9.17, 15) is 14.9 Å². The third-order valence-corrected chi connectivity index (χ3v) is 3.70. The SMILES string of the molecule is CC(=O)C1CN(C2=NCc3ccc([N+](=O)[O-])cc32)C1. The van der Waals surface area contributed by atoms with Crippen molar-refractivity contribution in [3.05, 3.63) is 39.4 Å². The lowest BCUT2D eigenvalue weighted by Crippen LogP contribution is -2.52. The van der Waals surface area contributed by atoms with Crippen LogP contribution in [0.2, 0.25) is 0 Å². The van der Waals surface area contributed by atoms with Crippen molar-refractivity contribution in [1.29, 1.82) is 0 Å². The van der Waals surface area contributed by atoms with Crippen molar-refractivity contribution in [2.24, 2.45) is 10.9 Å². The number of nitro benzene ring substituents is 1. The van der Waals surface area contributed by atoms with Crippen LogP contribution in [0.25, 0.3) is 0 Å². The first-order valence-electron chi connectivity index (χ1n) is 6.14. The largest absolute Gasteiger partial charge is 0.355 e. The number of hydrogen-bond donors (Lipinski definition) is 0. The topological polar surface area (TPSA) is 75.8 Å². The fourth-order valence-corrected chi connectivity index (χ4v) is 2.45. The highest BCUT2D eigenvalue weighted by atomic mass is 16.6. The second-order valence-electron chi connectivity index (χ2n) is 4.95. The van der Waals surface area contributed by atoms with Crippen LogP contribution in [0, 0.1) is 16.0 Å². The van der Waals surface area contributed by atoms with Crippen molar-refractivity contribution in [2.45, 2.75) is 13.5 Å². The number of amidine groups is 1. The molecule has 1 saturated heterocycles. The smallest absolute Gasteiger partial charge is 0.270 e. The summed E-state index contributed by atoms with van der Waals surface area (Å²) < 4.78 is 0. The Morgan fingerprint density at radius 2 is 2.21 bits per heavy atom. The van der Waals surface area contributed by atoms with Crippen LogP contribution in [0.5, 0.6) is 0 Å². The Labute approximate surface area is 109 Å². The summed E-state index contributed by atoms with van der Waals surface area (Å²) >= 11 is 0. The molecule has 2 heterocycles. The van der Waals surface area contributed by atoms with E-state index < -0.39 is 4.92 Å². The molecule has 19 heavy (non-hydrogen) atoms. The van der Waals surface area contributed by atoms with Crippen molar-refractivity contribution in [3.8, 4) is 0 Å². The molecular formula is C13H13N3O3. The number of fused-ring (bicyclic) bond motifs is 1. The highest BCUT2D eigenvalue weighted by Gasteiger charge is 2.35. The number of carbonyl (C=O) groups is 1. The molecule has 98 valence electrons. The molecule has 0 aliphatic carbocycles. The van der Waals surface area contributed by atoms with E-state index in [1.54, 1.807) is 19.1 Å². The van der Waals surface area contributed by atoms with Gasteiger partial charge in [0.05, 0.1) is 17.4 Å². The van der Waals surface area contributed by atoms with Gasteiger partial charge in [-0.1, -0.05) is 0 Å². The van der Waals surface area contributed by atoms with E-state index >= 15 is 0 Å². The summed E-state index contributed by atoms with van der Waals surface area (Å²) in [5.41, 5.74) is 1.92. The molecule has 1 fully saturated rings. The molecule has 2 aliphatic heterocycles. The van der Waals surface area contributed by atoms with Gasteiger partial charge in [0, 0.05) is 30.8 Å². The predicted molar refractivity (Wildman–Crippen MR) is 69.1 cm³/mol. The van der Waals surface area contributed by atoms with Crippen LogP contribution < -0.4 is 0 Å². The molecule has 3 rings (SSSR count). The van der Waals surface area contributed by atoms with E-state index in [2.05, 4.69) is 4.99 Å². The molecule has 0 N–H and O–H groups in total. The summed E-state index contributed by atoms with van der Waals surface area (Å²) in [5.74, 6) is 1.05. The molecule has 6 heteroatoms. The van der Waals surface area contributed by atoms with Gasteiger partial charge in [0.25, 0.3) is 5.69 Å². The van der Waals surface area contributed by atoms with Gasteiger partial charge in [0.1, 0.15) is 11.6 Å². The molecule has 0 atom stereocenters. The lowest BCUT2D eigenvalue weighted by atomic mass is 9.94. The van der Waals surface area contributed by atoms with Gasteiger partial charge in [-0.2, -0.15) is 0 Å². The predicted octanol–water partition coefficient (Wildman–Crippen LogP) is 1.38. The Balaban J connectivity index is 1.84. The Morgan fingerprint density at radius 1 is 1.47 bits per heavy atom. The molecule has 1 aromatic rings. The van der Waals surface area contributed by atoms with E-state index in [1.807, 2.05) is 4.90 Å². The van der Waals surface area contributed by atoms with Gasteiger partial charge in [0.2, 0.25) is 0 Å². The maximum Gasteiger partial charge on any atom is 0.270 e. The standard InChI is InChI=1S/C13H13N3O3/c1-8(17)10-6-15(7-10)13-12-4-11(16(18)19)3-2-9(12)5-14-13/h2-4,10H,5-7H2,1H3. The lowest BCUT2D eigenvalue weighted by Gasteiger charge is -2.39. The van der Waals surface area contributed by atoms with Crippen LogP contribution in [0.15, 0.2) is 23.2 Å². The van der Waals surface area contributed by atoms with Crippen molar-refractivity contribution in [2.75, 3.05) is 13.1 Å². The Hall–Kier alpha value is -2.24. The number of rotatable bonds is 2. The summed E-state index contributed by atoms with van der Waals surface area (Å²) in [7, 11) is 0. The molecule has 0 aromatic heterocycles. The second-order valence-corrected chi connectivity index (χ2v) is 4.95. The maximum absolute atomic E-state index is 11.2. The van der Waals surface area contributed by atoms with Gasteiger partial charge in [-0.25, -0.2) is 0 Å². The highest BCUT2D eigenvalue weighted by Crippen LogP contribution is 2.29. The van der Waals surface area contributed by atoms with Crippen molar-refractivity contribution in [3.63, 3.8) is 0 Å². The van der Waals surface area contributed by atoms with E-state index in [-0.39, 0.29) is 17.4 Å². The fourth-order valence-electron chi connectivity index (χ4n) is 2.45. The van der Waals surface area contributed by atoms with Crippen molar-refractivity contribution >= 4 is 17.3 Å². The number of nitrogens with zero attached hydrogens (tertiary/aromatic N) is 3. The summed E-state index contributed by atoms with van der Waals surface area (Å²) in [6.45, 7) is 3.48.